The maximum Gasteiger partial charge on any atom is 0.288 e. The largest absolute Gasteiger partial charge is 0.326 e. The molecule has 0 spiro atoms. The van der Waals surface area contributed by atoms with Gasteiger partial charge in [-0.05, 0) is 61.4 Å². The summed E-state index contributed by atoms with van der Waals surface area (Å²) in [7, 11) is -7.72. The third-order valence-corrected chi connectivity index (χ3v) is 10.6. The monoisotopic (exact) mass is 578 g/mol. The molecule has 11 nitrogen and oxygen atoms in total. The van der Waals surface area contributed by atoms with Crippen molar-refractivity contribution in [1.82, 2.24) is 18.5 Å². The zero-order valence-corrected chi connectivity index (χ0v) is 23.1. The third-order valence-electron chi connectivity index (χ3n) is 7.04. The second kappa shape index (κ2) is 9.84. The van der Waals surface area contributed by atoms with E-state index in [9.17, 15) is 21.6 Å². The van der Waals surface area contributed by atoms with Crippen molar-refractivity contribution in [2.75, 3.05) is 23.3 Å². The van der Waals surface area contributed by atoms with Crippen LogP contribution in [0.25, 0.3) is 0 Å². The van der Waals surface area contributed by atoms with Gasteiger partial charge >= 0.3 is 0 Å². The predicted molar refractivity (Wildman–Crippen MR) is 149 cm³/mol. The number of anilines is 4. The number of piperidine rings is 1. The van der Waals surface area contributed by atoms with Gasteiger partial charge in [0.05, 0.1) is 10.6 Å². The van der Waals surface area contributed by atoms with Crippen LogP contribution in [0.15, 0.2) is 88.7 Å². The Balaban J connectivity index is 1.27. The van der Waals surface area contributed by atoms with Crippen molar-refractivity contribution in [3.05, 3.63) is 84.7 Å². The molecular weight excluding hydrogens is 552 g/mol. The molecule has 40 heavy (non-hydrogen) atoms. The van der Waals surface area contributed by atoms with Gasteiger partial charge < -0.3 is 5.32 Å². The standard InChI is InChI=1S/C27H26N6O5S2/c1-19(34)28-21-11-13-23(14-12-21)39(35,36)31-17-15-20(16-18-31)26-29-27-32(22-7-3-2-4-8-22)24-9-5-6-10-25(24)40(37,38)33(27)30-26/h2-14,20H,15-18H2,1H3,(H,28,34). The van der Waals surface area contributed by atoms with Crippen molar-refractivity contribution < 1.29 is 21.6 Å². The normalized spacial score (nSPS) is 17.2. The minimum Gasteiger partial charge on any atom is -0.326 e. The molecule has 1 amide bonds. The number of aromatic nitrogens is 3. The highest BCUT2D eigenvalue weighted by Gasteiger charge is 2.39. The van der Waals surface area contributed by atoms with E-state index in [0.717, 1.165) is 9.77 Å². The molecule has 1 aromatic heterocycles. The molecule has 0 saturated carbocycles. The minimum absolute atomic E-state index is 0.133. The summed E-state index contributed by atoms with van der Waals surface area (Å²) in [5.74, 6) is 0.0803. The quantitative estimate of drug-likeness (QED) is 0.333. The summed E-state index contributed by atoms with van der Waals surface area (Å²) >= 11 is 0. The summed E-state index contributed by atoms with van der Waals surface area (Å²) in [6.07, 6.45) is 0.871. The number of fused-ring (bicyclic) bond motifs is 2. The lowest BCUT2D eigenvalue weighted by Crippen LogP contribution is -2.38. The smallest absolute Gasteiger partial charge is 0.288 e. The molecule has 0 aliphatic carbocycles. The van der Waals surface area contributed by atoms with Gasteiger partial charge in [-0.3, -0.25) is 9.69 Å². The first-order valence-electron chi connectivity index (χ1n) is 12.7. The molecule has 6 rings (SSSR count). The molecule has 2 aliphatic heterocycles. The summed E-state index contributed by atoms with van der Waals surface area (Å²) in [5, 5.41) is 7.08. The Morgan fingerprint density at radius 2 is 1.57 bits per heavy atom. The van der Waals surface area contributed by atoms with Crippen molar-refractivity contribution in [2.45, 2.75) is 35.5 Å². The highest BCUT2D eigenvalue weighted by atomic mass is 32.2. The predicted octanol–water partition coefficient (Wildman–Crippen LogP) is 3.83. The number of carbonyl (C=O) groups excluding carboxylic acids is 1. The summed E-state index contributed by atoms with van der Waals surface area (Å²) < 4.78 is 55.9. The maximum atomic E-state index is 13.5. The zero-order valence-electron chi connectivity index (χ0n) is 21.5. The lowest BCUT2D eigenvalue weighted by molar-refractivity contribution is -0.114. The number of hydrogen-bond acceptors (Lipinski definition) is 8. The number of para-hydroxylation sites is 2. The Morgan fingerprint density at radius 3 is 2.25 bits per heavy atom. The fraction of sp³-hybridized carbons (Fsp3) is 0.222. The molecule has 1 N–H and O–H groups in total. The second-order valence-electron chi connectivity index (χ2n) is 9.64. The van der Waals surface area contributed by atoms with E-state index in [-0.39, 0.29) is 40.7 Å². The van der Waals surface area contributed by atoms with Gasteiger partial charge in [0.25, 0.3) is 10.0 Å². The van der Waals surface area contributed by atoms with Gasteiger partial charge in [0.2, 0.25) is 21.9 Å². The molecule has 3 aromatic carbocycles. The lowest BCUT2D eigenvalue weighted by Gasteiger charge is -2.30. The van der Waals surface area contributed by atoms with E-state index >= 15 is 0 Å². The highest BCUT2D eigenvalue weighted by molar-refractivity contribution is 7.90. The third kappa shape index (κ3) is 4.45. The van der Waals surface area contributed by atoms with E-state index in [1.54, 1.807) is 41.3 Å². The van der Waals surface area contributed by atoms with Crippen molar-refractivity contribution in [1.29, 1.82) is 0 Å². The number of rotatable bonds is 5. The number of amides is 1. The van der Waals surface area contributed by atoms with E-state index in [4.69, 9.17) is 4.98 Å². The molecule has 0 atom stereocenters. The maximum absolute atomic E-state index is 13.5. The second-order valence-corrected chi connectivity index (χ2v) is 13.3. The molecule has 0 radical (unpaired) electrons. The first kappa shape index (κ1) is 26.2. The molecule has 4 aromatic rings. The summed E-state index contributed by atoms with van der Waals surface area (Å²) in [5.41, 5.74) is 1.75. The van der Waals surface area contributed by atoms with E-state index in [1.165, 1.54) is 23.4 Å². The van der Waals surface area contributed by atoms with Crippen molar-refractivity contribution >= 4 is 49.0 Å². The van der Waals surface area contributed by atoms with Crippen LogP contribution in [0.2, 0.25) is 0 Å². The lowest BCUT2D eigenvalue weighted by atomic mass is 9.98. The van der Waals surface area contributed by atoms with E-state index in [0.29, 0.717) is 30.0 Å². The average molecular weight is 579 g/mol. The van der Waals surface area contributed by atoms with Gasteiger partial charge in [0.1, 0.15) is 4.90 Å². The molecule has 1 fully saturated rings. The molecule has 3 heterocycles. The first-order chi connectivity index (χ1) is 19.2. The van der Waals surface area contributed by atoms with Gasteiger partial charge in [0.15, 0.2) is 5.82 Å². The van der Waals surface area contributed by atoms with Crippen LogP contribution in [0.1, 0.15) is 31.5 Å². The molecule has 2 aliphatic rings. The molecule has 206 valence electrons. The Labute approximate surface area is 232 Å². The van der Waals surface area contributed by atoms with Crippen LogP contribution in [0.5, 0.6) is 0 Å². The molecular formula is C27H26N6O5S2. The van der Waals surface area contributed by atoms with Gasteiger partial charge in [-0.1, -0.05) is 30.3 Å². The van der Waals surface area contributed by atoms with E-state index in [2.05, 4.69) is 10.4 Å². The van der Waals surface area contributed by atoms with Crippen molar-refractivity contribution in [3.63, 3.8) is 0 Å². The van der Waals surface area contributed by atoms with E-state index < -0.39 is 20.0 Å². The van der Waals surface area contributed by atoms with E-state index in [1.807, 2.05) is 30.3 Å². The summed E-state index contributed by atoms with van der Waals surface area (Å²) in [4.78, 5) is 18.0. The van der Waals surface area contributed by atoms with Gasteiger partial charge in [-0.2, -0.15) is 17.7 Å². The van der Waals surface area contributed by atoms with Crippen LogP contribution in [-0.2, 0) is 24.8 Å². The number of benzene rings is 3. The number of sulfonamides is 1. The van der Waals surface area contributed by atoms with Crippen molar-refractivity contribution in [3.8, 4) is 0 Å². The van der Waals surface area contributed by atoms with Crippen molar-refractivity contribution in [2.24, 2.45) is 0 Å². The Morgan fingerprint density at radius 1 is 0.925 bits per heavy atom. The van der Waals surface area contributed by atoms with Gasteiger partial charge in [-0.25, -0.2) is 8.42 Å². The number of hydrogen-bond donors (Lipinski definition) is 1. The van der Waals surface area contributed by atoms with Crippen LogP contribution in [0.3, 0.4) is 0 Å². The number of nitrogens with one attached hydrogen (secondary N) is 1. The number of carbonyl (C=O) groups is 1. The zero-order chi connectivity index (χ0) is 28.1. The SMILES string of the molecule is CC(=O)Nc1ccc(S(=O)(=O)N2CCC(c3nc4n(n3)S(=O)(=O)c3ccccc3N4c3ccccc3)CC2)cc1. The first-order valence-corrected chi connectivity index (χ1v) is 15.6. The Bertz CT molecular complexity index is 1800. The van der Waals surface area contributed by atoms with Crippen LogP contribution in [0, 0.1) is 0 Å². The van der Waals surface area contributed by atoms with Crippen LogP contribution >= 0.6 is 0 Å². The molecule has 0 unspecified atom stereocenters. The van der Waals surface area contributed by atoms with Crippen LogP contribution in [0.4, 0.5) is 23.0 Å². The molecule has 1 saturated heterocycles. The summed E-state index contributed by atoms with van der Waals surface area (Å²) in [6.45, 7) is 1.85. The fourth-order valence-electron chi connectivity index (χ4n) is 5.08. The highest BCUT2D eigenvalue weighted by Crippen LogP contribution is 2.43. The molecule has 0 bridgehead atoms. The summed E-state index contributed by atoms with van der Waals surface area (Å²) in [6, 6.07) is 22.2. The Kier molecular flexibility index (Phi) is 6.44. The van der Waals surface area contributed by atoms with Gasteiger partial charge in [0, 0.05) is 37.3 Å². The van der Waals surface area contributed by atoms with Crippen LogP contribution in [-0.4, -0.2) is 54.3 Å². The van der Waals surface area contributed by atoms with Crippen LogP contribution < -0.4 is 10.2 Å². The molecule has 13 heteroatoms. The minimum atomic E-state index is -3.97. The Hall–Kier alpha value is -4.07. The number of nitrogens with zero attached hydrogens (tertiary/aromatic N) is 5. The topological polar surface area (TPSA) is 135 Å². The average Bonchev–Trinajstić information content (AvgIpc) is 3.40. The fourth-order valence-corrected chi connectivity index (χ4v) is 7.94. The van der Waals surface area contributed by atoms with Gasteiger partial charge in [-0.15, -0.1) is 9.19 Å².